The molecule has 2 aliphatic rings. The molecular weight excluding hydrogens is 247 g/mol. The first-order valence-electron chi connectivity index (χ1n) is 6.60. The average Bonchev–Trinajstić information content (AvgIpc) is 2.96. The summed E-state index contributed by atoms with van der Waals surface area (Å²) in [6.45, 7) is 0. The van der Waals surface area contributed by atoms with E-state index in [2.05, 4.69) is 21.6 Å². The molecule has 1 N–H and O–H groups in total. The van der Waals surface area contributed by atoms with Crippen LogP contribution in [0.2, 0.25) is 0 Å². The lowest BCUT2D eigenvalue weighted by Crippen LogP contribution is -2.12. The third-order valence-electron chi connectivity index (χ3n) is 3.99. The maximum absolute atomic E-state index is 13.4. The van der Waals surface area contributed by atoms with E-state index in [9.17, 15) is 4.39 Å². The monoisotopic (exact) mass is 262 g/mol. The van der Waals surface area contributed by atoms with Crippen molar-refractivity contribution in [3.05, 3.63) is 27.6 Å². The van der Waals surface area contributed by atoms with Crippen LogP contribution in [0, 0.1) is 0 Å². The number of thiophene rings is 1. The molecule has 4 heteroatoms. The molecule has 0 bridgehead atoms. The summed E-state index contributed by atoms with van der Waals surface area (Å²) >= 11 is 1.69. The molecule has 94 valence electrons. The molecule has 4 rings (SSSR count). The fraction of sp³-hybridized carbons (Fsp3) is 0.500. The van der Waals surface area contributed by atoms with Crippen molar-refractivity contribution in [3.8, 4) is 11.3 Å². The number of H-pyrrole nitrogens is 1. The summed E-state index contributed by atoms with van der Waals surface area (Å²) in [5.41, 5.74) is 4.88. The van der Waals surface area contributed by atoms with E-state index in [0.717, 1.165) is 12.1 Å². The lowest BCUT2D eigenvalue weighted by molar-refractivity contribution is 0.304. The van der Waals surface area contributed by atoms with Gasteiger partial charge in [-0.2, -0.15) is 5.10 Å². The highest BCUT2D eigenvalue weighted by Gasteiger charge is 2.27. The number of hydrogen-bond donors (Lipinski definition) is 1. The largest absolute Gasteiger partial charge is 0.282 e. The lowest BCUT2D eigenvalue weighted by Gasteiger charge is -2.15. The molecule has 2 aromatic rings. The van der Waals surface area contributed by atoms with Gasteiger partial charge in [-0.1, -0.05) is 0 Å². The normalized spacial score (nSPS) is 23.1. The first-order valence-corrected chi connectivity index (χ1v) is 7.48. The summed E-state index contributed by atoms with van der Waals surface area (Å²) in [5, 5.41) is 9.74. The standard InChI is InChI=1S/C14H15FN2S/c15-9-3-4-10-11(7-18-14(10)5-9)13-6-12(16-17-13)8-1-2-8/h6-9H,1-5H2,(H,16,17)/t9-/m0/s1. The molecule has 1 fully saturated rings. The Balaban J connectivity index is 1.71. The van der Waals surface area contributed by atoms with Crippen molar-refractivity contribution in [2.45, 2.75) is 44.2 Å². The van der Waals surface area contributed by atoms with E-state index >= 15 is 0 Å². The molecular formula is C14H15FN2S. The molecule has 2 heterocycles. The number of hydrogen-bond acceptors (Lipinski definition) is 2. The highest BCUT2D eigenvalue weighted by molar-refractivity contribution is 7.10. The predicted molar refractivity (Wildman–Crippen MR) is 70.8 cm³/mol. The molecule has 2 nitrogen and oxygen atoms in total. The third-order valence-corrected chi connectivity index (χ3v) is 5.04. The molecule has 2 aliphatic carbocycles. The van der Waals surface area contributed by atoms with Crippen molar-refractivity contribution >= 4 is 11.3 Å². The van der Waals surface area contributed by atoms with Crippen LogP contribution in [0.25, 0.3) is 11.3 Å². The Morgan fingerprint density at radius 2 is 2.22 bits per heavy atom. The number of aromatic nitrogens is 2. The highest BCUT2D eigenvalue weighted by Crippen LogP contribution is 2.41. The van der Waals surface area contributed by atoms with Gasteiger partial charge in [-0.25, -0.2) is 4.39 Å². The smallest absolute Gasteiger partial charge is 0.105 e. The number of nitrogens with zero attached hydrogens (tertiary/aromatic N) is 1. The molecule has 2 aromatic heterocycles. The minimum Gasteiger partial charge on any atom is -0.282 e. The Labute approximate surface area is 109 Å². The van der Waals surface area contributed by atoms with Crippen LogP contribution in [0.3, 0.4) is 0 Å². The van der Waals surface area contributed by atoms with Crippen LogP contribution in [0.15, 0.2) is 11.4 Å². The summed E-state index contributed by atoms with van der Waals surface area (Å²) in [7, 11) is 0. The van der Waals surface area contributed by atoms with E-state index in [4.69, 9.17) is 0 Å². The van der Waals surface area contributed by atoms with Gasteiger partial charge in [-0.15, -0.1) is 11.3 Å². The fourth-order valence-electron chi connectivity index (χ4n) is 2.77. The van der Waals surface area contributed by atoms with Crippen LogP contribution < -0.4 is 0 Å². The molecule has 0 radical (unpaired) electrons. The zero-order valence-electron chi connectivity index (χ0n) is 10.1. The van der Waals surface area contributed by atoms with Gasteiger partial charge in [0.2, 0.25) is 0 Å². The van der Waals surface area contributed by atoms with Crippen molar-refractivity contribution < 1.29 is 4.39 Å². The van der Waals surface area contributed by atoms with E-state index in [1.807, 2.05) is 0 Å². The van der Waals surface area contributed by atoms with Gasteiger partial charge in [0, 0.05) is 33.9 Å². The van der Waals surface area contributed by atoms with E-state index in [-0.39, 0.29) is 0 Å². The summed E-state index contributed by atoms with van der Waals surface area (Å²) in [4.78, 5) is 1.22. The fourth-order valence-corrected chi connectivity index (χ4v) is 3.92. The number of alkyl halides is 1. The van der Waals surface area contributed by atoms with Gasteiger partial charge in [0.1, 0.15) is 6.17 Å². The summed E-state index contributed by atoms with van der Waals surface area (Å²) in [6, 6.07) is 2.18. The molecule has 0 aliphatic heterocycles. The first kappa shape index (κ1) is 10.7. The van der Waals surface area contributed by atoms with Crippen molar-refractivity contribution in [3.63, 3.8) is 0 Å². The highest BCUT2D eigenvalue weighted by atomic mass is 32.1. The van der Waals surface area contributed by atoms with E-state index in [0.29, 0.717) is 18.8 Å². The van der Waals surface area contributed by atoms with Gasteiger partial charge in [0.05, 0.1) is 5.69 Å². The number of aromatic amines is 1. The quantitative estimate of drug-likeness (QED) is 0.875. The Bertz CT molecular complexity index is 582. The average molecular weight is 262 g/mol. The predicted octanol–water partition coefficient (Wildman–Crippen LogP) is 3.84. The molecule has 0 amide bonds. The summed E-state index contributed by atoms with van der Waals surface area (Å²) < 4.78 is 13.4. The van der Waals surface area contributed by atoms with Crippen LogP contribution >= 0.6 is 11.3 Å². The number of halogens is 1. The van der Waals surface area contributed by atoms with Crippen LogP contribution in [0.4, 0.5) is 4.39 Å². The Hall–Kier alpha value is -1.16. The van der Waals surface area contributed by atoms with E-state index < -0.39 is 6.17 Å². The van der Waals surface area contributed by atoms with Gasteiger partial charge in [-0.05, 0) is 37.3 Å². The van der Waals surface area contributed by atoms with Crippen molar-refractivity contribution in [2.24, 2.45) is 0 Å². The van der Waals surface area contributed by atoms with Crippen molar-refractivity contribution in [1.82, 2.24) is 10.2 Å². The van der Waals surface area contributed by atoms with Gasteiger partial charge >= 0.3 is 0 Å². The van der Waals surface area contributed by atoms with Crippen molar-refractivity contribution in [1.29, 1.82) is 0 Å². The number of fused-ring (bicyclic) bond motifs is 1. The van der Waals surface area contributed by atoms with Crippen molar-refractivity contribution in [2.75, 3.05) is 0 Å². The van der Waals surface area contributed by atoms with E-state index in [1.165, 1.54) is 34.5 Å². The topological polar surface area (TPSA) is 28.7 Å². The SMILES string of the molecule is F[C@H]1CCc2c(-c3cc(C4CC4)[nH]n3)csc2C1. The van der Waals surface area contributed by atoms with E-state index in [1.54, 1.807) is 11.3 Å². The molecule has 0 saturated heterocycles. The minimum absolute atomic E-state index is 0.597. The Kier molecular flexibility index (Phi) is 2.34. The molecule has 18 heavy (non-hydrogen) atoms. The zero-order chi connectivity index (χ0) is 12.1. The molecule has 0 aromatic carbocycles. The Morgan fingerprint density at radius 1 is 1.33 bits per heavy atom. The molecule has 0 unspecified atom stereocenters. The zero-order valence-corrected chi connectivity index (χ0v) is 10.9. The number of rotatable bonds is 2. The minimum atomic E-state index is -0.648. The summed E-state index contributed by atoms with van der Waals surface area (Å²) in [6.07, 6.45) is 4.04. The second-order valence-corrected chi connectivity index (χ2v) is 6.34. The maximum atomic E-state index is 13.4. The van der Waals surface area contributed by atoms with Gasteiger partial charge < -0.3 is 0 Å². The van der Waals surface area contributed by atoms with Gasteiger partial charge in [0.15, 0.2) is 0 Å². The molecule has 1 atom stereocenters. The lowest BCUT2D eigenvalue weighted by atomic mass is 9.93. The Morgan fingerprint density at radius 3 is 3.06 bits per heavy atom. The maximum Gasteiger partial charge on any atom is 0.105 e. The molecule has 0 spiro atoms. The molecule has 1 saturated carbocycles. The van der Waals surface area contributed by atoms with Gasteiger partial charge in [0.25, 0.3) is 0 Å². The van der Waals surface area contributed by atoms with Crippen LogP contribution in [-0.4, -0.2) is 16.4 Å². The van der Waals surface area contributed by atoms with Gasteiger partial charge in [-0.3, -0.25) is 5.10 Å². The third kappa shape index (κ3) is 1.70. The van der Waals surface area contributed by atoms with Crippen LogP contribution in [0.1, 0.15) is 41.3 Å². The first-order chi connectivity index (χ1) is 8.81. The van der Waals surface area contributed by atoms with Crippen LogP contribution in [0.5, 0.6) is 0 Å². The second-order valence-electron chi connectivity index (χ2n) is 5.37. The number of nitrogens with one attached hydrogen (secondary N) is 1. The second kappa shape index (κ2) is 3.92. The van der Waals surface area contributed by atoms with Crippen LogP contribution in [-0.2, 0) is 12.8 Å². The summed E-state index contributed by atoms with van der Waals surface area (Å²) in [5.74, 6) is 0.705.